The molecule has 1 aromatic carbocycles. The van der Waals surface area contributed by atoms with Gasteiger partial charge >= 0.3 is 0 Å². The second kappa shape index (κ2) is 5.90. The Balaban J connectivity index is 2.99. The van der Waals surface area contributed by atoms with Gasteiger partial charge < -0.3 is 15.5 Å². The van der Waals surface area contributed by atoms with Crippen molar-refractivity contribution in [3.8, 4) is 0 Å². The molecule has 1 amide bonds. The monoisotopic (exact) mass is 301 g/mol. The third kappa shape index (κ3) is 4.29. The van der Waals surface area contributed by atoms with Gasteiger partial charge in [-0.25, -0.2) is 8.42 Å². The maximum absolute atomic E-state index is 12.0. The summed E-state index contributed by atoms with van der Waals surface area (Å²) in [7, 11) is -3.39. The molecule has 0 radical (unpaired) electrons. The van der Waals surface area contributed by atoms with Crippen LogP contribution < -0.4 is 5.32 Å². The lowest BCUT2D eigenvalue weighted by atomic mass is 10.1. The first-order chi connectivity index (χ1) is 9.07. The largest absolute Gasteiger partial charge is 0.393 e. The van der Waals surface area contributed by atoms with E-state index in [0.29, 0.717) is 5.56 Å². The Bertz CT molecular complexity index is 607. The predicted octanol–water partition coefficient (Wildman–Crippen LogP) is -0.128. The van der Waals surface area contributed by atoms with Crippen LogP contribution in [0.25, 0.3) is 0 Å². The lowest BCUT2D eigenvalue weighted by Gasteiger charge is -2.21. The first-order valence-corrected chi connectivity index (χ1v) is 7.88. The summed E-state index contributed by atoms with van der Waals surface area (Å²) in [5.41, 5.74) is -0.571. The molecule has 0 aliphatic rings. The molecule has 0 saturated heterocycles. The molecule has 1 aromatic rings. The van der Waals surface area contributed by atoms with E-state index >= 15 is 0 Å². The van der Waals surface area contributed by atoms with Gasteiger partial charge in [0.15, 0.2) is 9.84 Å². The number of hydrogen-bond donors (Lipinski definition) is 3. The first kappa shape index (κ1) is 16.6. The Morgan fingerprint density at radius 2 is 2.00 bits per heavy atom. The Kier molecular flexibility index (Phi) is 4.90. The summed E-state index contributed by atoms with van der Waals surface area (Å²) in [5, 5.41) is 21.0. The second-order valence-corrected chi connectivity index (χ2v) is 7.10. The second-order valence-electron chi connectivity index (χ2n) is 5.09. The Labute approximate surface area is 118 Å². The molecule has 20 heavy (non-hydrogen) atoms. The maximum Gasteiger partial charge on any atom is 0.251 e. The number of sulfone groups is 1. The molecule has 0 aromatic heterocycles. The van der Waals surface area contributed by atoms with Crippen LogP contribution in [0.15, 0.2) is 23.1 Å². The fourth-order valence-electron chi connectivity index (χ4n) is 1.50. The zero-order valence-corrected chi connectivity index (χ0v) is 12.5. The van der Waals surface area contributed by atoms with Crippen LogP contribution in [0.5, 0.6) is 0 Å². The van der Waals surface area contributed by atoms with Crippen molar-refractivity contribution in [2.24, 2.45) is 0 Å². The zero-order chi connectivity index (χ0) is 15.6. The van der Waals surface area contributed by atoms with Crippen molar-refractivity contribution < 1.29 is 23.4 Å². The first-order valence-electron chi connectivity index (χ1n) is 5.99. The van der Waals surface area contributed by atoms with E-state index in [4.69, 9.17) is 5.11 Å². The molecule has 112 valence electrons. The van der Waals surface area contributed by atoms with Gasteiger partial charge in [0.2, 0.25) is 0 Å². The molecule has 0 fully saturated rings. The fourth-order valence-corrected chi connectivity index (χ4v) is 2.15. The summed E-state index contributed by atoms with van der Waals surface area (Å²) >= 11 is 0. The molecule has 0 aliphatic heterocycles. The number of aliphatic hydroxyl groups excluding tert-OH is 1. The van der Waals surface area contributed by atoms with Gasteiger partial charge in [-0.2, -0.15) is 0 Å². The van der Waals surface area contributed by atoms with Crippen molar-refractivity contribution in [1.82, 2.24) is 5.32 Å². The molecule has 3 N–H and O–H groups in total. The van der Waals surface area contributed by atoms with E-state index in [2.05, 4.69) is 5.32 Å². The highest BCUT2D eigenvalue weighted by Gasteiger charge is 2.21. The average Bonchev–Trinajstić information content (AvgIpc) is 2.35. The van der Waals surface area contributed by atoms with Crippen LogP contribution in [-0.4, -0.2) is 49.5 Å². The van der Waals surface area contributed by atoms with Gasteiger partial charge in [-0.05, 0) is 31.5 Å². The van der Waals surface area contributed by atoms with Crippen LogP contribution in [0.4, 0.5) is 0 Å². The standard InChI is InChI=1S/C13H19NO5S/c1-9-4-5-10(20(3,18)19)6-11(9)12(16)14-7-13(2,17)8-15/h4-6,15,17H,7-8H2,1-3H3,(H,14,16). The quantitative estimate of drug-likeness (QED) is 0.703. The lowest BCUT2D eigenvalue weighted by Crippen LogP contribution is -2.43. The predicted molar refractivity (Wildman–Crippen MR) is 74.3 cm³/mol. The van der Waals surface area contributed by atoms with Crippen LogP contribution in [0.1, 0.15) is 22.8 Å². The molecule has 0 bridgehead atoms. The smallest absolute Gasteiger partial charge is 0.251 e. The number of aryl methyl sites for hydroxylation is 1. The molecule has 0 saturated carbocycles. The van der Waals surface area contributed by atoms with Gasteiger partial charge in [-0.3, -0.25) is 4.79 Å². The van der Waals surface area contributed by atoms with Gasteiger partial charge in [0, 0.05) is 18.4 Å². The molecule has 1 unspecified atom stereocenters. The van der Waals surface area contributed by atoms with Gasteiger partial charge in [0.05, 0.1) is 11.5 Å². The number of carbonyl (C=O) groups is 1. The molecule has 1 atom stereocenters. The van der Waals surface area contributed by atoms with Crippen molar-refractivity contribution in [3.63, 3.8) is 0 Å². The molecular weight excluding hydrogens is 282 g/mol. The highest BCUT2D eigenvalue weighted by Crippen LogP contribution is 2.15. The molecule has 7 heteroatoms. The normalized spacial score (nSPS) is 14.7. The highest BCUT2D eigenvalue weighted by atomic mass is 32.2. The molecule has 1 rings (SSSR count). The summed E-state index contributed by atoms with van der Waals surface area (Å²) in [5.74, 6) is -0.498. The number of carbonyl (C=O) groups excluding carboxylic acids is 1. The van der Waals surface area contributed by atoms with Crippen LogP contribution in [-0.2, 0) is 9.84 Å². The van der Waals surface area contributed by atoms with Gasteiger partial charge in [0.1, 0.15) is 5.60 Å². The van der Waals surface area contributed by atoms with Crippen LogP contribution >= 0.6 is 0 Å². The van der Waals surface area contributed by atoms with Crippen molar-refractivity contribution in [2.45, 2.75) is 24.3 Å². The molecule has 0 spiro atoms. The summed E-state index contributed by atoms with van der Waals surface area (Å²) < 4.78 is 23.0. The molecule has 0 aliphatic carbocycles. The van der Waals surface area contributed by atoms with Gasteiger partial charge in [-0.15, -0.1) is 0 Å². The minimum Gasteiger partial charge on any atom is -0.393 e. The molecule has 6 nitrogen and oxygen atoms in total. The summed E-state index contributed by atoms with van der Waals surface area (Å²) in [4.78, 5) is 12.1. The molecular formula is C13H19NO5S. The van der Waals surface area contributed by atoms with E-state index < -0.39 is 28.0 Å². The minimum absolute atomic E-state index is 0.0576. The zero-order valence-electron chi connectivity index (χ0n) is 11.7. The molecule has 0 heterocycles. The Hall–Kier alpha value is -1.44. The number of amides is 1. The lowest BCUT2D eigenvalue weighted by molar-refractivity contribution is 0.00319. The SMILES string of the molecule is Cc1ccc(S(C)(=O)=O)cc1C(=O)NCC(C)(O)CO. The number of aliphatic hydroxyl groups is 2. The van der Waals surface area contributed by atoms with E-state index in [0.717, 1.165) is 6.26 Å². The highest BCUT2D eigenvalue weighted by molar-refractivity contribution is 7.90. The van der Waals surface area contributed by atoms with E-state index in [1.54, 1.807) is 13.0 Å². The van der Waals surface area contributed by atoms with Crippen molar-refractivity contribution in [3.05, 3.63) is 29.3 Å². The fraction of sp³-hybridized carbons (Fsp3) is 0.462. The van der Waals surface area contributed by atoms with Crippen LogP contribution in [0.2, 0.25) is 0 Å². The Morgan fingerprint density at radius 1 is 1.40 bits per heavy atom. The van der Waals surface area contributed by atoms with Crippen LogP contribution in [0.3, 0.4) is 0 Å². The Morgan fingerprint density at radius 3 is 2.50 bits per heavy atom. The summed E-state index contributed by atoms with van der Waals surface area (Å²) in [6.45, 7) is 2.44. The third-order valence-corrected chi connectivity index (χ3v) is 3.96. The van der Waals surface area contributed by atoms with Crippen molar-refractivity contribution in [2.75, 3.05) is 19.4 Å². The number of nitrogens with one attached hydrogen (secondary N) is 1. The van der Waals surface area contributed by atoms with Gasteiger partial charge in [0.25, 0.3) is 5.91 Å². The van der Waals surface area contributed by atoms with Crippen LogP contribution in [0, 0.1) is 6.92 Å². The van der Waals surface area contributed by atoms with E-state index in [1.807, 2.05) is 0 Å². The van der Waals surface area contributed by atoms with E-state index in [-0.39, 0.29) is 17.0 Å². The number of hydrogen-bond acceptors (Lipinski definition) is 5. The van der Waals surface area contributed by atoms with Crippen molar-refractivity contribution in [1.29, 1.82) is 0 Å². The van der Waals surface area contributed by atoms with Crippen molar-refractivity contribution >= 4 is 15.7 Å². The summed E-state index contributed by atoms with van der Waals surface area (Å²) in [6.07, 6.45) is 1.07. The van der Waals surface area contributed by atoms with Gasteiger partial charge in [-0.1, -0.05) is 6.07 Å². The topological polar surface area (TPSA) is 104 Å². The minimum atomic E-state index is -3.39. The summed E-state index contributed by atoms with van der Waals surface area (Å²) in [6, 6.07) is 4.29. The van der Waals surface area contributed by atoms with E-state index in [1.165, 1.54) is 19.1 Å². The maximum atomic E-state index is 12.0. The van der Waals surface area contributed by atoms with E-state index in [9.17, 15) is 18.3 Å². The average molecular weight is 301 g/mol. The number of benzene rings is 1. The third-order valence-electron chi connectivity index (χ3n) is 2.85. The number of rotatable bonds is 5.